The van der Waals surface area contributed by atoms with Crippen molar-refractivity contribution < 1.29 is 9.53 Å². The zero-order valence-corrected chi connectivity index (χ0v) is 16.9. The molecule has 6 nitrogen and oxygen atoms in total. The zero-order valence-electron chi connectivity index (χ0n) is 16.9. The molecule has 0 saturated carbocycles. The maximum atomic E-state index is 11.4. The molecule has 0 aliphatic heterocycles. The normalized spacial score (nSPS) is 11.6. The second kappa shape index (κ2) is 9.10. The van der Waals surface area contributed by atoms with Crippen LogP contribution in [0.15, 0.2) is 60.7 Å². The maximum Gasteiger partial charge on any atom is 0.411 e. The average Bonchev–Trinajstić information content (AvgIpc) is 2.70. The third-order valence-corrected chi connectivity index (χ3v) is 4.75. The molecule has 1 amide bonds. The van der Waals surface area contributed by atoms with Gasteiger partial charge in [0.25, 0.3) is 0 Å². The topological polar surface area (TPSA) is 89.3 Å². The molecule has 0 spiro atoms. The molecule has 3 rings (SSSR count). The highest BCUT2D eigenvalue weighted by atomic mass is 16.5. The van der Waals surface area contributed by atoms with Crippen molar-refractivity contribution in [3.8, 4) is 0 Å². The molecular formula is C23H26N4O2. The molecule has 3 aromatic rings. The Morgan fingerprint density at radius 1 is 1.10 bits per heavy atom. The fourth-order valence-electron chi connectivity index (χ4n) is 3.31. The van der Waals surface area contributed by atoms with Gasteiger partial charge in [0.2, 0.25) is 0 Å². The van der Waals surface area contributed by atoms with Gasteiger partial charge in [-0.2, -0.15) is 0 Å². The number of nitrogens with two attached hydrogens (primary N) is 1. The molecule has 29 heavy (non-hydrogen) atoms. The van der Waals surface area contributed by atoms with Gasteiger partial charge in [-0.1, -0.05) is 54.1 Å². The number of nitrogens with zero attached hydrogens (tertiary/aromatic N) is 1. The van der Waals surface area contributed by atoms with E-state index in [0.29, 0.717) is 11.5 Å². The molecule has 0 fully saturated rings. The van der Waals surface area contributed by atoms with Crippen LogP contribution in [-0.4, -0.2) is 18.2 Å². The van der Waals surface area contributed by atoms with Gasteiger partial charge in [-0.15, -0.1) is 0 Å². The summed E-state index contributed by atoms with van der Waals surface area (Å²) >= 11 is 0. The standard InChI is InChI=1S/C23H26N4O2/c1-15-9-10-18(16(2)13-15)20(14-17-7-5-4-6-8-17)25-21-12-11-19(22(24)27-21)26-23(28)29-3/h4-13,20H,14H2,1-3H3,(H,26,28)(H3,24,25,27). The van der Waals surface area contributed by atoms with Crippen molar-refractivity contribution in [1.29, 1.82) is 0 Å². The number of rotatable bonds is 6. The average molecular weight is 390 g/mol. The Morgan fingerprint density at radius 2 is 1.86 bits per heavy atom. The lowest BCUT2D eigenvalue weighted by atomic mass is 9.94. The molecule has 0 bridgehead atoms. The van der Waals surface area contributed by atoms with Gasteiger partial charge in [0.05, 0.1) is 18.8 Å². The number of pyridine rings is 1. The van der Waals surface area contributed by atoms with Gasteiger partial charge in [0.15, 0.2) is 0 Å². The van der Waals surface area contributed by atoms with E-state index < -0.39 is 6.09 Å². The lowest BCUT2D eigenvalue weighted by molar-refractivity contribution is 0.187. The SMILES string of the molecule is COC(=O)Nc1ccc(NC(Cc2ccccc2)c2ccc(C)cc2C)nc1N. The largest absolute Gasteiger partial charge is 0.453 e. The van der Waals surface area contributed by atoms with Gasteiger partial charge >= 0.3 is 6.09 Å². The van der Waals surface area contributed by atoms with E-state index in [1.165, 1.54) is 29.4 Å². The predicted molar refractivity (Wildman–Crippen MR) is 117 cm³/mol. The summed E-state index contributed by atoms with van der Waals surface area (Å²) in [6.07, 6.45) is 0.213. The Balaban J connectivity index is 1.88. The van der Waals surface area contributed by atoms with Crippen LogP contribution in [0.4, 0.5) is 22.1 Å². The van der Waals surface area contributed by atoms with Crippen molar-refractivity contribution in [1.82, 2.24) is 4.98 Å². The number of amides is 1. The summed E-state index contributed by atoms with van der Waals surface area (Å²) in [5.41, 5.74) is 11.3. The summed E-state index contributed by atoms with van der Waals surface area (Å²) in [6, 6.07) is 20.3. The molecule has 0 aliphatic carbocycles. The minimum atomic E-state index is -0.587. The first-order valence-electron chi connectivity index (χ1n) is 9.45. The second-order valence-corrected chi connectivity index (χ2v) is 6.99. The van der Waals surface area contributed by atoms with Gasteiger partial charge < -0.3 is 15.8 Å². The predicted octanol–water partition coefficient (Wildman–Crippen LogP) is 4.85. The van der Waals surface area contributed by atoms with E-state index in [1.54, 1.807) is 12.1 Å². The number of hydrogen-bond donors (Lipinski definition) is 3. The number of methoxy groups -OCH3 is 1. The Labute approximate surface area is 171 Å². The van der Waals surface area contributed by atoms with Crippen LogP contribution < -0.4 is 16.4 Å². The molecule has 0 aliphatic rings. The van der Waals surface area contributed by atoms with Crippen LogP contribution in [0, 0.1) is 13.8 Å². The van der Waals surface area contributed by atoms with Gasteiger partial charge in [0, 0.05) is 0 Å². The molecule has 0 saturated heterocycles. The summed E-state index contributed by atoms with van der Waals surface area (Å²) in [5.74, 6) is 0.860. The molecule has 1 heterocycles. The highest BCUT2D eigenvalue weighted by Gasteiger charge is 2.16. The van der Waals surface area contributed by atoms with Crippen molar-refractivity contribution in [3.05, 3.63) is 82.9 Å². The van der Waals surface area contributed by atoms with E-state index in [2.05, 4.69) is 64.5 Å². The van der Waals surface area contributed by atoms with E-state index >= 15 is 0 Å². The fourth-order valence-corrected chi connectivity index (χ4v) is 3.31. The third-order valence-electron chi connectivity index (χ3n) is 4.75. The van der Waals surface area contributed by atoms with Crippen molar-refractivity contribution >= 4 is 23.4 Å². The lowest BCUT2D eigenvalue weighted by Gasteiger charge is -2.23. The van der Waals surface area contributed by atoms with Crippen molar-refractivity contribution in [2.45, 2.75) is 26.3 Å². The number of carbonyl (C=O) groups is 1. The number of aromatic nitrogens is 1. The molecule has 4 N–H and O–H groups in total. The summed E-state index contributed by atoms with van der Waals surface area (Å²) < 4.78 is 4.60. The van der Waals surface area contributed by atoms with Crippen LogP contribution in [0.25, 0.3) is 0 Å². The van der Waals surface area contributed by atoms with Crippen molar-refractivity contribution in [2.75, 3.05) is 23.5 Å². The van der Waals surface area contributed by atoms with Gasteiger partial charge in [-0.05, 0) is 49.1 Å². The molecule has 1 unspecified atom stereocenters. The molecule has 150 valence electrons. The Hall–Kier alpha value is -3.54. The minimum Gasteiger partial charge on any atom is -0.453 e. The van der Waals surface area contributed by atoms with Crippen LogP contribution in [0.3, 0.4) is 0 Å². The van der Waals surface area contributed by atoms with E-state index in [0.717, 1.165) is 6.42 Å². The quantitative estimate of drug-likeness (QED) is 0.559. The fraction of sp³-hybridized carbons (Fsp3) is 0.217. The first-order valence-corrected chi connectivity index (χ1v) is 9.45. The molecule has 1 aromatic heterocycles. The Kier molecular flexibility index (Phi) is 6.34. The van der Waals surface area contributed by atoms with Gasteiger partial charge in [-0.3, -0.25) is 5.32 Å². The summed E-state index contributed by atoms with van der Waals surface area (Å²) in [4.78, 5) is 15.8. The number of nitrogen functional groups attached to an aromatic ring is 1. The summed E-state index contributed by atoms with van der Waals surface area (Å²) in [6.45, 7) is 4.21. The number of carbonyl (C=O) groups excluding carboxylic acids is 1. The monoisotopic (exact) mass is 390 g/mol. The number of nitrogens with one attached hydrogen (secondary N) is 2. The van der Waals surface area contributed by atoms with Crippen molar-refractivity contribution in [2.24, 2.45) is 0 Å². The number of hydrogen-bond acceptors (Lipinski definition) is 5. The van der Waals surface area contributed by atoms with Crippen LogP contribution in [0.5, 0.6) is 0 Å². The van der Waals surface area contributed by atoms with Crippen LogP contribution in [0.2, 0.25) is 0 Å². The van der Waals surface area contributed by atoms with E-state index in [-0.39, 0.29) is 11.9 Å². The maximum absolute atomic E-state index is 11.4. The number of benzene rings is 2. The third kappa shape index (κ3) is 5.25. The number of aryl methyl sites for hydroxylation is 2. The molecule has 0 radical (unpaired) electrons. The molecule has 6 heteroatoms. The first-order chi connectivity index (χ1) is 14.0. The van der Waals surface area contributed by atoms with Crippen LogP contribution in [-0.2, 0) is 11.2 Å². The Bertz CT molecular complexity index is 989. The molecular weight excluding hydrogens is 364 g/mol. The smallest absolute Gasteiger partial charge is 0.411 e. The van der Waals surface area contributed by atoms with E-state index in [9.17, 15) is 4.79 Å². The van der Waals surface area contributed by atoms with Gasteiger partial charge in [-0.25, -0.2) is 9.78 Å². The highest BCUT2D eigenvalue weighted by Crippen LogP contribution is 2.28. The first kappa shape index (κ1) is 20.2. The Morgan fingerprint density at radius 3 is 2.52 bits per heavy atom. The highest BCUT2D eigenvalue weighted by molar-refractivity contribution is 5.88. The summed E-state index contributed by atoms with van der Waals surface area (Å²) in [7, 11) is 1.30. The molecule has 1 atom stereocenters. The zero-order chi connectivity index (χ0) is 20.8. The van der Waals surface area contributed by atoms with Gasteiger partial charge in [0.1, 0.15) is 11.6 Å². The van der Waals surface area contributed by atoms with Crippen molar-refractivity contribution in [3.63, 3.8) is 0 Å². The summed E-state index contributed by atoms with van der Waals surface area (Å²) in [5, 5.41) is 6.06. The van der Waals surface area contributed by atoms with Crippen LogP contribution >= 0.6 is 0 Å². The lowest BCUT2D eigenvalue weighted by Crippen LogP contribution is -2.17. The molecule has 2 aromatic carbocycles. The van der Waals surface area contributed by atoms with E-state index in [4.69, 9.17) is 5.73 Å². The second-order valence-electron chi connectivity index (χ2n) is 6.99. The van der Waals surface area contributed by atoms with E-state index in [1.807, 2.05) is 18.2 Å². The minimum absolute atomic E-state index is 0.0179. The van der Waals surface area contributed by atoms with Crippen LogP contribution in [0.1, 0.15) is 28.3 Å². The number of anilines is 3. The number of ether oxygens (including phenoxy) is 1.